The quantitative estimate of drug-likeness (QED) is 0.632. The Bertz CT molecular complexity index is 407. The lowest BCUT2D eigenvalue weighted by atomic mass is 10.3. The third-order valence-electron chi connectivity index (χ3n) is 2.48. The van der Waals surface area contributed by atoms with Crippen molar-refractivity contribution < 1.29 is 9.53 Å². The Hall–Kier alpha value is -0.610. The van der Waals surface area contributed by atoms with Gasteiger partial charge in [-0.1, -0.05) is 24.4 Å². The molecule has 0 radical (unpaired) electrons. The Morgan fingerprint density at radius 3 is 3.06 bits per heavy atom. The number of rotatable bonds is 4. The summed E-state index contributed by atoms with van der Waals surface area (Å²) in [6.07, 6.45) is 5.02. The Kier molecular flexibility index (Phi) is 3.82. The Balaban J connectivity index is 1.93. The highest BCUT2D eigenvalue weighted by Gasteiger charge is 2.22. The molecule has 1 aromatic rings. The van der Waals surface area contributed by atoms with Gasteiger partial charge in [0.15, 0.2) is 0 Å². The Morgan fingerprint density at radius 1 is 1.62 bits per heavy atom. The standard InChI is InChI=1S/C11H11BrClNO2/c12-8-5-9(10(13)14-6-8)11(15)16-4-3-7-1-2-7/h5-7H,1-4H2. The minimum Gasteiger partial charge on any atom is -0.462 e. The lowest BCUT2D eigenvalue weighted by Crippen LogP contribution is -2.08. The van der Waals surface area contributed by atoms with Gasteiger partial charge in [-0.05, 0) is 34.3 Å². The number of halogens is 2. The van der Waals surface area contributed by atoms with Gasteiger partial charge in [-0.25, -0.2) is 9.78 Å². The van der Waals surface area contributed by atoms with Crippen molar-refractivity contribution in [2.75, 3.05) is 6.61 Å². The van der Waals surface area contributed by atoms with E-state index < -0.39 is 5.97 Å². The zero-order chi connectivity index (χ0) is 11.5. The second-order valence-corrected chi connectivity index (χ2v) is 5.13. The molecular weight excluding hydrogens is 293 g/mol. The van der Waals surface area contributed by atoms with Crippen molar-refractivity contribution >= 4 is 33.5 Å². The van der Waals surface area contributed by atoms with E-state index >= 15 is 0 Å². The molecule has 1 saturated carbocycles. The fraction of sp³-hybridized carbons (Fsp3) is 0.455. The molecular formula is C11H11BrClNO2. The minimum absolute atomic E-state index is 0.180. The van der Waals surface area contributed by atoms with Crippen LogP contribution in [0.2, 0.25) is 5.15 Å². The van der Waals surface area contributed by atoms with Gasteiger partial charge in [0.25, 0.3) is 0 Å². The highest BCUT2D eigenvalue weighted by molar-refractivity contribution is 9.10. The summed E-state index contributed by atoms with van der Waals surface area (Å²) in [6.45, 7) is 0.465. The van der Waals surface area contributed by atoms with Crippen molar-refractivity contribution in [3.63, 3.8) is 0 Å². The highest BCUT2D eigenvalue weighted by atomic mass is 79.9. The maximum absolute atomic E-state index is 11.7. The topological polar surface area (TPSA) is 39.2 Å². The second kappa shape index (κ2) is 5.15. The molecule has 0 unspecified atom stereocenters. The molecule has 0 saturated heterocycles. The molecule has 1 fully saturated rings. The first-order valence-corrected chi connectivity index (χ1v) is 6.32. The highest BCUT2D eigenvalue weighted by Crippen LogP contribution is 2.32. The summed E-state index contributed by atoms with van der Waals surface area (Å²) >= 11 is 9.05. The van der Waals surface area contributed by atoms with Crippen LogP contribution in [0.25, 0.3) is 0 Å². The van der Waals surface area contributed by atoms with Crippen LogP contribution in [0.3, 0.4) is 0 Å². The average molecular weight is 305 g/mol. The molecule has 3 nitrogen and oxygen atoms in total. The van der Waals surface area contributed by atoms with Gasteiger partial charge in [-0.15, -0.1) is 0 Å². The monoisotopic (exact) mass is 303 g/mol. The van der Waals surface area contributed by atoms with E-state index in [1.807, 2.05) is 0 Å². The lowest BCUT2D eigenvalue weighted by molar-refractivity contribution is 0.0494. The number of ether oxygens (including phenoxy) is 1. The molecule has 0 spiro atoms. The number of carbonyl (C=O) groups excluding carboxylic acids is 1. The zero-order valence-electron chi connectivity index (χ0n) is 8.58. The van der Waals surface area contributed by atoms with Gasteiger partial charge in [0.05, 0.1) is 12.2 Å². The molecule has 86 valence electrons. The van der Waals surface area contributed by atoms with Crippen molar-refractivity contribution in [1.29, 1.82) is 0 Å². The number of esters is 1. The van der Waals surface area contributed by atoms with Gasteiger partial charge in [0, 0.05) is 10.7 Å². The van der Waals surface area contributed by atoms with E-state index in [0.29, 0.717) is 16.6 Å². The maximum Gasteiger partial charge on any atom is 0.341 e. The second-order valence-electron chi connectivity index (χ2n) is 3.86. The van der Waals surface area contributed by atoms with Crippen molar-refractivity contribution in [2.45, 2.75) is 19.3 Å². The molecule has 5 heteroatoms. The van der Waals surface area contributed by atoms with Crippen LogP contribution >= 0.6 is 27.5 Å². The number of hydrogen-bond acceptors (Lipinski definition) is 3. The lowest BCUT2D eigenvalue weighted by Gasteiger charge is -2.05. The number of hydrogen-bond donors (Lipinski definition) is 0. The number of aromatic nitrogens is 1. The van der Waals surface area contributed by atoms with Gasteiger partial charge in [0.2, 0.25) is 0 Å². The van der Waals surface area contributed by atoms with Gasteiger partial charge in [-0.3, -0.25) is 0 Å². The summed E-state index contributed by atoms with van der Waals surface area (Å²) in [4.78, 5) is 15.5. The van der Waals surface area contributed by atoms with Crippen LogP contribution in [0, 0.1) is 5.92 Å². The van der Waals surface area contributed by atoms with Gasteiger partial charge >= 0.3 is 5.97 Å². The summed E-state index contributed by atoms with van der Waals surface area (Å²) in [7, 11) is 0. The molecule has 0 N–H and O–H groups in total. The SMILES string of the molecule is O=C(OCCC1CC1)c1cc(Br)cnc1Cl. The van der Waals surface area contributed by atoms with Gasteiger partial charge in [-0.2, -0.15) is 0 Å². The molecule has 0 aliphatic heterocycles. The van der Waals surface area contributed by atoms with E-state index in [-0.39, 0.29) is 5.15 Å². The van der Waals surface area contributed by atoms with Crippen LogP contribution in [-0.4, -0.2) is 17.6 Å². The van der Waals surface area contributed by atoms with Crippen LogP contribution in [0.1, 0.15) is 29.6 Å². The predicted octanol–water partition coefficient (Wildman–Crippen LogP) is 3.45. The van der Waals surface area contributed by atoms with E-state index in [9.17, 15) is 4.79 Å². The first-order chi connectivity index (χ1) is 7.66. The Morgan fingerprint density at radius 2 is 2.38 bits per heavy atom. The molecule has 1 aliphatic rings. The van der Waals surface area contributed by atoms with Crippen molar-refractivity contribution in [3.8, 4) is 0 Å². The van der Waals surface area contributed by atoms with E-state index in [1.54, 1.807) is 12.3 Å². The first-order valence-electron chi connectivity index (χ1n) is 5.15. The summed E-state index contributed by atoms with van der Waals surface area (Å²) in [5, 5.41) is 0.180. The van der Waals surface area contributed by atoms with Gasteiger partial charge < -0.3 is 4.74 Å². The van der Waals surface area contributed by atoms with Crippen LogP contribution in [0.15, 0.2) is 16.7 Å². The minimum atomic E-state index is -0.403. The number of pyridine rings is 1. The van der Waals surface area contributed by atoms with Crippen molar-refractivity contribution in [2.24, 2.45) is 5.92 Å². The van der Waals surface area contributed by atoms with Gasteiger partial charge in [0.1, 0.15) is 5.15 Å². The molecule has 1 heterocycles. The summed E-state index contributed by atoms with van der Waals surface area (Å²) in [6, 6.07) is 1.62. The third-order valence-corrected chi connectivity index (χ3v) is 3.22. The first kappa shape index (κ1) is 11.9. The molecule has 1 aromatic heterocycles. The van der Waals surface area contributed by atoms with Crippen LogP contribution in [0.5, 0.6) is 0 Å². The molecule has 0 bridgehead atoms. The fourth-order valence-electron chi connectivity index (χ4n) is 1.37. The summed E-state index contributed by atoms with van der Waals surface area (Å²) < 4.78 is 5.84. The van der Waals surface area contributed by atoms with Crippen LogP contribution < -0.4 is 0 Å². The largest absolute Gasteiger partial charge is 0.462 e. The molecule has 2 rings (SSSR count). The average Bonchev–Trinajstić information content (AvgIpc) is 3.05. The zero-order valence-corrected chi connectivity index (χ0v) is 10.9. The molecule has 0 atom stereocenters. The van der Waals surface area contributed by atoms with Crippen LogP contribution in [0.4, 0.5) is 0 Å². The molecule has 0 amide bonds. The molecule has 1 aliphatic carbocycles. The summed E-state index contributed by atoms with van der Waals surface area (Å²) in [5.41, 5.74) is 0.312. The smallest absolute Gasteiger partial charge is 0.341 e. The van der Waals surface area contributed by atoms with E-state index in [2.05, 4.69) is 20.9 Å². The van der Waals surface area contributed by atoms with E-state index in [1.165, 1.54) is 12.8 Å². The number of carbonyl (C=O) groups is 1. The predicted molar refractivity (Wildman–Crippen MR) is 64.6 cm³/mol. The maximum atomic E-state index is 11.7. The van der Waals surface area contributed by atoms with Crippen molar-refractivity contribution in [3.05, 3.63) is 27.5 Å². The van der Waals surface area contributed by atoms with Crippen LogP contribution in [-0.2, 0) is 4.74 Å². The van der Waals surface area contributed by atoms with Crippen molar-refractivity contribution in [1.82, 2.24) is 4.98 Å². The molecule has 0 aromatic carbocycles. The normalized spacial score (nSPS) is 14.9. The van der Waals surface area contributed by atoms with E-state index in [0.717, 1.165) is 12.3 Å². The molecule has 16 heavy (non-hydrogen) atoms. The van der Waals surface area contributed by atoms with E-state index in [4.69, 9.17) is 16.3 Å². The third kappa shape index (κ3) is 3.19. The summed E-state index contributed by atoms with van der Waals surface area (Å²) in [5.74, 6) is 0.350. The number of nitrogens with zero attached hydrogens (tertiary/aromatic N) is 1. The fourth-order valence-corrected chi connectivity index (χ4v) is 1.88. The Labute approximate surface area is 107 Å².